The second-order valence-electron chi connectivity index (χ2n) is 13.2. The van der Waals surface area contributed by atoms with Crippen LogP contribution < -0.4 is 4.74 Å². The predicted molar refractivity (Wildman–Crippen MR) is 212 cm³/mol. The summed E-state index contributed by atoms with van der Waals surface area (Å²) in [5, 5.41) is 1.07. The molecule has 284 valence electrons. The zero-order valence-corrected chi connectivity index (χ0v) is 33.8. The van der Waals surface area contributed by atoms with E-state index in [4.69, 9.17) is 39.4 Å². The second kappa shape index (κ2) is 17.5. The lowest BCUT2D eigenvalue weighted by Gasteiger charge is -2.39. The summed E-state index contributed by atoms with van der Waals surface area (Å²) < 4.78 is 34.4. The van der Waals surface area contributed by atoms with Gasteiger partial charge in [0.1, 0.15) is 17.6 Å². The molecule has 3 aromatic rings. The molecule has 0 bridgehead atoms. The number of likely N-dealkylation sites (N-methyl/N-ethyl adjacent to an activating group) is 1. The molecular weight excluding hydrogens is 759 g/mol. The maximum atomic E-state index is 15.0. The zero-order chi connectivity index (χ0) is 37.9. The van der Waals surface area contributed by atoms with Crippen molar-refractivity contribution in [1.82, 2.24) is 23.9 Å². The third-order valence-electron chi connectivity index (χ3n) is 9.40. The monoisotopic (exact) mass is 802 g/mol. The molecule has 15 heteroatoms. The Kier molecular flexibility index (Phi) is 13.9. The van der Waals surface area contributed by atoms with Crippen molar-refractivity contribution in [3.63, 3.8) is 0 Å². The van der Waals surface area contributed by atoms with Crippen LogP contribution in [0.4, 0.5) is 4.79 Å². The number of hydrogen-bond acceptors (Lipinski definition) is 7. The van der Waals surface area contributed by atoms with Gasteiger partial charge < -0.3 is 14.5 Å². The van der Waals surface area contributed by atoms with E-state index in [-0.39, 0.29) is 65.6 Å². The van der Waals surface area contributed by atoms with Crippen LogP contribution >= 0.6 is 35.6 Å². The van der Waals surface area contributed by atoms with Crippen LogP contribution in [-0.2, 0) is 14.8 Å². The van der Waals surface area contributed by atoms with E-state index in [1.807, 2.05) is 43.0 Å². The highest BCUT2D eigenvalue weighted by atomic mass is 35.5. The van der Waals surface area contributed by atoms with Gasteiger partial charge in [0.25, 0.3) is 0 Å². The number of hydrogen-bond donors (Lipinski definition) is 0. The average Bonchev–Trinajstić information content (AvgIpc) is 3.51. The third-order valence-corrected chi connectivity index (χ3v) is 11.8. The molecule has 0 radical (unpaired) electrons. The SMILES string of the molecule is C#Cc1cc(OCC)c(C2=N[C@@H](c3ccc(Cl)cc3)[C@@H](c3ccc(Cl)cc3)N2C(=O)N2CCN(CC(=O)N(C)C(C)C)CC2)cc1S(=O)(=O)N(C)C.Cl. The van der Waals surface area contributed by atoms with Crippen LogP contribution in [0, 0.1) is 12.3 Å². The molecule has 0 saturated carbocycles. The number of aliphatic imine (C=N–C) groups is 1. The van der Waals surface area contributed by atoms with Crippen LogP contribution in [0.15, 0.2) is 70.6 Å². The van der Waals surface area contributed by atoms with Crippen molar-refractivity contribution in [2.45, 2.75) is 43.8 Å². The average molecular weight is 804 g/mol. The lowest BCUT2D eigenvalue weighted by atomic mass is 9.93. The number of terminal acetylenes is 1. The van der Waals surface area contributed by atoms with E-state index < -0.39 is 22.1 Å². The number of carbonyl (C=O) groups excluding carboxylic acids is 2. The molecule has 0 spiro atoms. The second-order valence-corrected chi connectivity index (χ2v) is 16.2. The topological polar surface area (TPSA) is 106 Å². The fraction of sp³-hybridized carbons (Fsp3) is 0.395. The Morgan fingerprint density at radius 2 is 1.53 bits per heavy atom. The van der Waals surface area contributed by atoms with Gasteiger partial charge in [-0.2, -0.15) is 0 Å². The Morgan fingerprint density at radius 3 is 2.04 bits per heavy atom. The normalized spacial score (nSPS) is 17.7. The fourth-order valence-electron chi connectivity index (χ4n) is 6.23. The molecule has 0 aliphatic carbocycles. The minimum Gasteiger partial charge on any atom is -0.493 e. The van der Waals surface area contributed by atoms with E-state index in [0.29, 0.717) is 41.8 Å². The third kappa shape index (κ3) is 8.94. The van der Waals surface area contributed by atoms with Gasteiger partial charge in [-0.3, -0.25) is 19.6 Å². The Balaban J connectivity index is 0.00000627. The number of benzene rings is 3. The lowest BCUT2D eigenvalue weighted by Crippen LogP contribution is -2.55. The van der Waals surface area contributed by atoms with Gasteiger partial charge in [0, 0.05) is 69.0 Å². The molecule has 0 N–H and O–H groups in total. The van der Waals surface area contributed by atoms with Crippen molar-refractivity contribution in [3.8, 4) is 18.1 Å². The molecule has 1 saturated heterocycles. The molecule has 53 heavy (non-hydrogen) atoms. The largest absolute Gasteiger partial charge is 0.493 e. The molecule has 5 rings (SSSR count). The first kappa shape index (κ1) is 41.9. The number of ether oxygens (including phenoxy) is 1. The van der Waals surface area contributed by atoms with Crippen molar-refractivity contribution in [2.75, 3.05) is 60.5 Å². The van der Waals surface area contributed by atoms with E-state index in [0.717, 1.165) is 15.4 Å². The highest BCUT2D eigenvalue weighted by Crippen LogP contribution is 2.46. The molecule has 2 atom stereocenters. The number of nitrogens with zero attached hydrogens (tertiary/aromatic N) is 6. The Labute approximate surface area is 328 Å². The van der Waals surface area contributed by atoms with Gasteiger partial charge in [-0.15, -0.1) is 18.8 Å². The Morgan fingerprint density at radius 1 is 0.962 bits per heavy atom. The number of piperazine rings is 1. The summed E-state index contributed by atoms with van der Waals surface area (Å²) in [5.41, 5.74) is 1.96. The molecule has 0 unspecified atom stereocenters. The van der Waals surface area contributed by atoms with Crippen molar-refractivity contribution >= 4 is 63.4 Å². The highest BCUT2D eigenvalue weighted by molar-refractivity contribution is 7.89. The summed E-state index contributed by atoms with van der Waals surface area (Å²) in [6, 6.07) is 15.9. The van der Waals surface area contributed by atoms with Crippen LogP contribution in [0.3, 0.4) is 0 Å². The predicted octanol–water partition coefficient (Wildman–Crippen LogP) is 6.19. The summed E-state index contributed by atoms with van der Waals surface area (Å²) in [7, 11) is 0.612. The van der Waals surface area contributed by atoms with Crippen LogP contribution in [0.1, 0.15) is 55.1 Å². The number of urea groups is 1. The molecule has 3 amide bonds. The standard InChI is InChI=1S/C38H44Cl2N6O5S.ClH/c1-8-26-22-32(51-9-2)31(23-33(26)52(49,50)42(5)6)37-41-35(27-10-14-29(39)15-11-27)36(28-12-16-30(40)17-13-28)46(37)38(48)45-20-18-44(19-21-45)24-34(47)43(7)25(3)4;/h1,10-17,22-23,25,35-36H,9,18-21,24H2,2-7H3;1H/t35-,36+;/m0./s1. The number of sulfonamides is 1. The highest BCUT2D eigenvalue weighted by Gasteiger charge is 2.45. The molecule has 2 aliphatic rings. The van der Waals surface area contributed by atoms with Gasteiger partial charge in [0.15, 0.2) is 0 Å². The van der Waals surface area contributed by atoms with Crippen LogP contribution in [0.25, 0.3) is 0 Å². The van der Waals surface area contributed by atoms with Crippen molar-refractivity contribution in [2.24, 2.45) is 4.99 Å². The van der Waals surface area contributed by atoms with Gasteiger partial charge >= 0.3 is 6.03 Å². The van der Waals surface area contributed by atoms with Gasteiger partial charge in [-0.1, -0.05) is 53.4 Å². The maximum absolute atomic E-state index is 15.0. The van der Waals surface area contributed by atoms with Gasteiger partial charge in [-0.05, 0) is 68.3 Å². The molecular formula is C38H45Cl3N6O5S. The number of halogens is 3. The van der Waals surface area contributed by atoms with Gasteiger partial charge in [0.2, 0.25) is 15.9 Å². The number of amidine groups is 1. The van der Waals surface area contributed by atoms with Crippen LogP contribution in [-0.4, -0.2) is 117 Å². The van der Waals surface area contributed by atoms with E-state index in [1.54, 1.807) is 52.9 Å². The number of carbonyl (C=O) groups is 2. The molecule has 2 heterocycles. The van der Waals surface area contributed by atoms with E-state index in [9.17, 15) is 13.2 Å². The molecule has 2 aliphatic heterocycles. The molecule has 11 nitrogen and oxygen atoms in total. The first-order valence-corrected chi connectivity index (χ1v) is 19.2. The smallest absolute Gasteiger partial charge is 0.326 e. The van der Waals surface area contributed by atoms with E-state index in [1.165, 1.54) is 26.2 Å². The minimum atomic E-state index is -4.03. The first-order valence-electron chi connectivity index (χ1n) is 17.0. The summed E-state index contributed by atoms with van der Waals surface area (Å²) in [6.45, 7) is 7.92. The Bertz CT molecular complexity index is 1980. The quantitative estimate of drug-likeness (QED) is 0.227. The minimum absolute atomic E-state index is 0. The van der Waals surface area contributed by atoms with E-state index >= 15 is 4.79 Å². The summed E-state index contributed by atoms with van der Waals surface area (Å²) in [6.07, 6.45) is 5.84. The van der Waals surface area contributed by atoms with Crippen molar-refractivity contribution < 1.29 is 22.7 Å². The first-order chi connectivity index (χ1) is 24.7. The Hall–Kier alpha value is -3.83. The van der Waals surface area contributed by atoms with Crippen molar-refractivity contribution in [1.29, 1.82) is 0 Å². The van der Waals surface area contributed by atoms with Crippen LogP contribution in [0.2, 0.25) is 10.0 Å². The summed E-state index contributed by atoms with van der Waals surface area (Å²) >= 11 is 12.6. The number of amides is 3. The van der Waals surface area contributed by atoms with Crippen LogP contribution in [0.5, 0.6) is 5.75 Å². The van der Waals surface area contributed by atoms with E-state index in [2.05, 4.69) is 5.92 Å². The lowest BCUT2D eigenvalue weighted by molar-refractivity contribution is -0.132. The molecule has 1 fully saturated rings. The van der Waals surface area contributed by atoms with Gasteiger partial charge in [-0.25, -0.2) is 17.5 Å². The molecule has 0 aromatic heterocycles. The maximum Gasteiger partial charge on any atom is 0.326 e. The fourth-order valence-corrected chi connectivity index (χ4v) is 7.54. The summed E-state index contributed by atoms with van der Waals surface area (Å²) in [5.74, 6) is 3.02. The van der Waals surface area contributed by atoms with Crippen molar-refractivity contribution in [3.05, 3.63) is 93.0 Å². The number of rotatable bonds is 10. The van der Waals surface area contributed by atoms with Gasteiger partial charge in [0.05, 0.1) is 29.7 Å². The summed E-state index contributed by atoms with van der Waals surface area (Å²) in [4.78, 5) is 40.1. The zero-order valence-electron chi connectivity index (χ0n) is 30.6. The molecule has 3 aromatic carbocycles.